The van der Waals surface area contributed by atoms with E-state index in [0.717, 1.165) is 116 Å². The molecule has 418 valence electrons. The Morgan fingerprint density at radius 1 is 0.205 bits per heavy atom. The third-order valence-electron chi connectivity index (χ3n) is 19.7. The molecule has 0 unspecified atom stereocenters. The fraction of sp³-hybridized carbons (Fsp3) is 0.0714. The van der Waals surface area contributed by atoms with E-state index in [4.69, 9.17) is 0 Å². The van der Waals surface area contributed by atoms with Gasteiger partial charge in [-0.1, -0.05) is 222 Å². The standard InChI is InChI=1S/C84H54F4/c1-83(2)71-41-47(29-35-53(71)55-37-31-49(43-73(55)83)77-57-17-5-9-21-61(57)79(62-22-10-6-18-58(62)77)69-39-33-51(85)45-75(69)87)48-30-36-54-56-38-32-50(44-74(56)84(3,4)72(54)42-48)78-59-19-7-13-25-65(59)81(66-26-14-8-20-60(66)78)82-67-27-15-11-23-63(67)80(64-24-12-16-28-68(64)82)70-40-34-52(86)46-76(70)88/h5-46H,1-4H3. The molecule has 2 aliphatic carbocycles. The van der Waals surface area contributed by atoms with Crippen LogP contribution in [0.2, 0.25) is 0 Å². The fourth-order valence-electron chi connectivity index (χ4n) is 15.7. The van der Waals surface area contributed by atoms with Gasteiger partial charge in [0.25, 0.3) is 0 Å². The average molecular weight is 1140 g/mol. The Bertz CT molecular complexity index is 5400. The minimum Gasteiger partial charge on any atom is -0.207 e. The normalized spacial score (nSPS) is 13.6. The van der Waals surface area contributed by atoms with Gasteiger partial charge in [-0.25, -0.2) is 17.6 Å². The van der Waals surface area contributed by atoms with Crippen molar-refractivity contribution in [3.8, 4) is 89.0 Å². The van der Waals surface area contributed by atoms with Crippen LogP contribution >= 0.6 is 0 Å². The topological polar surface area (TPSA) is 0 Å². The SMILES string of the molecule is CC1(C)c2cc(-c3ccc4c(c3)C(C)(C)c3cc(-c5c6ccccc6c(-c6c7ccccc7c(-c7ccc(F)cc7F)c7ccccc67)c6ccccc56)ccc3-4)ccc2-c2ccc(-c3c4ccccc4c(-c4ccc(F)cc4F)c4ccccc34)cc21. The maximum absolute atomic E-state index is 15.9. The summed E-state index contributed by atoms with van der Waals surface area (Å²) in [6, 6.07) is 86.2. The lowest BCUT2D eigenvalue weighted by Gasteiger charge is -2.24. The second-order valence-electron chi connectivity index (χ2n) is 25.1. The lowest BCUT2D eigenvalue weighted by atomic mass is 9.78. The molecule has 15 aromatic rings. The van der Waals surface area contributed by atoms with Gasteiger partial charge in [0.15, 0.2) is 0 Å². The Hall–Kier alpha value is -10.4. The molecule has 2 aliphatic rings. The summed E-state index contributed by atoms with van der Waals surface area (Å²) < 4.78 is 60.4. The highest BCUT2D eigenvalue weighted by Gasteiger charge is 2.39. The monoisotopic (exact) mass is 1140 g/mol. The van der Waals surface area contributed by atoms with Gasteiger partial charge in [-0.15, -0.1) is 0 Å². The Morgan fingerprint density at radius 3 is 0.682 bits per heavy atom. The van der Waals surface area contributed by atoms with Gasteiger partial charge in [0.05, 0.1) is 0 Å². The number of halogens is 4. The van der Waals surface area contributed by atoms with Crippen molar-refractivity contribution in [2.75, 3.05) is 0 Å². The quantitative estimate of drug-likeness (QED) is 0.115. The maximum Gasteiger partial charge on any atom is 0.133 e. The lowest BCUT2D eigenvalue weighted by Crippen LogP contribution is -2.15. The van der Waals surface area contributed by atoms with Gasteiger partial charge >= 0.3 is 0 Å². The highest BCUT2D eigenvalue weighted by molar-refractivity contribution is 6.30. The molecule has 0 saturated carbocycles. The van der Waals surface area contributed by atoms with Gasteiger partial charge in [0.2, 0.25) is 0 Å². The number of hydrogen-bond donors (Lipinski definition) is 0. The Morgan fingerprint density at radius 2 is 0.420 bits per heavy atom. The zero-order chi connectivity index (χ0) is 59.5. The molecule has 0 aromatic heterocycles. The Kier molecular flexibility index (Phi) is 11.2. The van der Waals surface area contributed by atoms with Gasteiger partial charge in [-0.2, -0.15) is 0 Å². The van der Waals surface area contributed by atoms with Crippen LogP contribution in [0.4, 0.5) is 17.6 Å². The molecule has 0 aliphatic heterocycles. The van der Waals surface area contributed by atoms with Crippen LogP contribution in [0.25, 0.3) is 154 Å². The zero-order valence-corrected chi connectivity index (χ0v) is 48.8. The molecule has 0 heterocycles. The molecule has 0 amide bonds. The summed E-state index contributed by atoms with van der Waals surface area (Å²) in [4.78, 5) is 0. The maximum atomic E-state index is 15.9. The number of hydrogen-bond acceptors (Lipinski definition) is 0. The molecule has 88 heavy (non-hydrogen) atoms. The van der Waals surface area contributed by atoms with E-state index >= 15 is 8.78 Å². The van der Waals surface area contributed by atoms with Crippen LogP contribution in [-0.2, 0) is 10.8 Å². The molecule has 0 bridgehead atoms. The van der Waals surface area contributed by atoms with Crippen LogP contribution in [-0.4, -0.2) is 0 Å². The van der Waals surface area contributed by atoms with Crippen LogP contribution in [0.15, 0.2) is 255 Å². The van der Waals surface area contributed by atoms with Crippen molar-refractivity contribution in [3.05, 3.63) is 300 Å². The summed E-state index contributed by atoms with van der Waals surface area (Å²) in [7, 11) is 0. The smallest absolute Gasteiger partial charge is 0.133 e. The van der Waals surface area contributed by atoms with Crippen molar-refractivity contribution in [1.82, 2.24) is 0 Å². The average Bonchev–Trinajstić information content (AvgIpc) is 1.85. The first kappa shape index (κ1) is 52.0. The van der Waals surface area contributed by atoms with Crippen molar-refractivity contribution in [2.45, 2.75) is 38.5 Å². The summed E-state index contributed by atoms with van der Waals surface area (Å²) in [5.41, 5.74) is 20.7. The van der Waals surface area contributed by atoms with Crippen LogP contribution in [0.1, 0.15) is 49.9 Å². The van der Waals surface area contributed by atoms with Crippen molar-refractivity contribution in [2.24, 2.45) is 0 Å². The van der Waals surface area contributed by atoms with Crippen LogP contribution in [0.5, 0.6) is 0 Å². The molecule has 0 fully saturated rings. The van der Waals surface area contributed by atoms with Crippen molar-refractivity contribution >= 4 is 64.6 Å². The van der Waals surface area contributed by atoms with Gasteiger partial charge in [0, 0.05) is 45.2 Å². The zero-order valence-electron chi connectivity index (χ0n) is 48.8. The van der Waals surface area contributed by atoms with Crippen molar-refractivity contribution < 1.29 is 17.6 Å². The molecule has 0 atom stereocenters. The van der Waals surface area contributed by atoms with Gasteiger partial charge in [-0.3, -0.25) is 0 Å². The van der Waals surface area contributed by atoms with Crippen LogP contribution < -0.4 is 0 Å². The van der Waals surface area contributed by atoms with Gasteiger partial charge < -0.3 is 0 Å². The van der Waals surface area contributed by atoms with Crippen molar-refractivity contribution in [3.63, 3.8) is 0 Å². The second kappa shape index (κ2) is 19.0. The summed E-state index contributed by atoms with van der Waals surface area (Å²) in [6.07, 6.45) is 0. The first-order chi connectivity index (χ1) is 42.8. The molecule has 0 N–H and O–H groups in total. The van der Waals surface area contributed by atoms with E-state index in [1.165, 1.54) is 73.3 Å². The van der Waals surface area contributed by atoms with Gasteiger partial charge in [-0.05, 0) is 202 Å². The summed E-state index contributed by atoms with van der Waals surface area (Å²) in [5, 5.41) is 12.2. The summed E-state index contributed by atoms with van der Waals surface area (Å²) in [5.74, 6) is -2.38. The minimum absolute atomic E-state index is 0.325. The van der Waals surface area contributed by atoms with Crippen LogP contribution in [0.3, 0.4) is 0 Å². The Balaban J connectivity index is 0.750. The minimum atomic E-state index is -0.605. The van der Waals surface area contributed by atoms with E-state index in [-0.39, 0.29) is 10.8 Å². The van der Waals surface area contributed by atoms with E-state index in [2.05, 4.69) is 198 Å². The predicted molar refractivity (Wildman–Crippen MR) is 359 cm³/mol. The summed E-state index contributed by atoms with van der Waals surface area (Å²) >= 11 is 0. The number of fused-ring (bicyclic) bond motifs is 12. The molecule has 0 nitrogen and oxygen atoms in total. The van der Waals surface area contributed by atoms with E-state index in [1.54, 1.807) is 12.1 Å². The van der Waals surface area contributed by atoms with E-state index in [9.17, 15) is 8.78 Å². The number of benzene rings is 15. The molecular weight excluding hydrogens is 1080 g/mol. The molecular formula is C84H54F4. The van der Waals surface area contributed by atoms with E-state index in [1.807, 2.05) is 48.5 Å². The summed E-state index contributed by atoms with van der Waals surface area (Å²) in [6.45, 7) is 9.40. The molecule has 4 heteroatoms. The Labute approximate surface area is 507 Å². The third kappa shape index (κ3) is 7.45. The third-order valence-corrected chi connectivity index (χ3v) is 19.7. The molecule has 0 saturated heterocycles. The fourth-order valence-corrected chi connectivity index (χ4v) is 15.7. The first-order valence-corrected chi connectivity index (χ1v) is 30.1. The van der Waals surface area contributed by atoms with Crippen LogP contribution in [0, 0.1) is 23.3 Å². The van der Waals surface area contributed by atoms with Gasteiger partial charge in [0.1, 0.15) is 23.3 Å². The molecule has 0 radical (unpaired) electrons. The highest BCUT2D eigenvalue weighted by atomic mass is 19.1. The van der Waals surface area contributed by atoms with E-state index in [0.29, 0.717) is 11.1 Å². The lowest BCUT2D eigenvalue weighted by molar-refractivity contribution is 0.585. The van der Waals surface area contributed by atoms with Crippen molar-refractivity contribution in [1.29, 1.82) is 0 Å². The number of rotatable bonds is 6. The predicted octanol–water partition coefficient (Wildman–Crippen LogP) is 23.8. The highest BCUT2D eigenvalue weighted by Crippen LogP contribution is 2.56. The molecule has 15 aromatic carbocycles. The second-order valence-corrected chi connectivity index (χ2v) is 25.1. The molecule has 0 spiro atoms. The van der Waals surface area contributed by atoms with E-state index < -0.39 is 23.3 Å². The largest absolute Gasteiger partial charge is 0.207 e. The first-order valence-electron chi connectivity index (χ1n) is 30.1. The molecule has 17 rings (SSSR count).